The fourth-order valence-electron chi connectivity index (χ4n) is 5.28. The molecule has 0 aliphatic rings. The van der Waals surface area contributed by atoms with Crippen LogP contribution in [0.25, 0.3) is 40.9 Å². The van der Waals surface area contributed by atoms with E-state index in [9.17, 15) is 0 Å². The Morgan fingerprint density at radius 3 is 1.26 bits per heavy atom. The Labute approximate surface area is 267 Å². The van der Waals surface area contributed by atoms with Gasteiger partial charge in [0.2, 0.25) is 11.6 Å². The lowest BCUT2D eigenvalue weighted by Gasteiger charge is -2.03. The third-order valence-electron chi connectivity index (χ3n) is 7.67. The van der Waals surface area contributed by atoms with Crippen molar-refractivity contribution in [3.63, 3.8) is 0 Å². The summed E-state index contributed by atoms with van der Waals surface area (Å²) in [6.07, 6.45) is 18.2. The number of hydrogen-bond donors (Lipinski definition) is 0. The molecule has 8 heteroatoms. The van der Waals surface area contributed by atoms with Gasteiger partial charge < -0.3 is 0 Å². The van der Waals surface area contributed by atoms with E-state index in [1.165, 1.54) is 108 Å². The molecule has 0 aromatic carbocycles. The van der Waals surface area contributed by atoms with Gasteiger partial charge >= 0.3 is 0 Å². The maximum atomic E-state index is 4.49. The maximum Gasteiger partial charge on any atom is 0.213 e. The first kappa shape index (κ1) is 31.2. The molecule has 0 N–H and O–H groups in total. The third-order valence-corrected chi connectivity index (χ3v) is 12.1. The summed E-state index contributed by atoms with van der Waals surface area (Å²) < 4.78 is 0. The van der Waals surface area contributed by atoms with Gasteiger partial charge in [0.15, 0.2) is 0 Å². The summed E-state index contributed by atoms with van der Waals surface area (Å²) in [4.78, 5) is 7.36. The number of aryl methyl sites for hydroxylation is 2. The second kappa shape index (κ2) is 16.6. The van der Waals surface area contributed by atoms with Crippen molar-refractivity contribution >= 4 is 45.3 Å². The number of aromatic nitrogens is 4. The van der Waals surface area contributed by atoms with Crippen LogP contribution < -0.4 is 0 Å². The summed E-state index contributed by atoms with van der Waals surface area (Å²) in [6, 6.07) is 13.2. The van der Waals surface area contributed by atoms with Crippen LogP contribution in [0.4, 0.5) is 0 Å². The van der Waals surface area contributed by atoms with Gasteiger partial charge in [0.1, 0.15) is 0 Å². The van der Waals surface area contributed by atoms with E-state index in [1.807, 2.05) is 22.7 Å². The van der Waals surface area contributed by atoms with Gasteiger partial charge in [-0.15, -0.1) is 65.7 Å². The van der Waals surface area contributed by atoms with Crippen molar-refractivity contribution in [1.82, 2.24) is 20.4 Å². The molecule has 0 radical (unpaired) electrons. The molecule has 0 fully saturated rings. The fraction of sp³-hybridized carbons (Fsp3) is 0.471. The largest absolute Gasteiger partial charge is 0.213 e. The molecule has 0 unspecified atom stereocenters. The normalized spacial score (nSPS) is 11.5. The Kier molecular flexibility index (Phi) is 12.3. The Morgan fingerprint density at radius 2 is 0.833 bits per heavy atom. The summed E-state index contributed by atoms with van der Waals surface area (Å²) in [7, 11) is 0. The molecule has 0 spiro atoms. The van der Waals surface area contributed by atoms with Gasteiger partial charge in [0.05, 0.1) is 9.75 Å². The van der Waals surface area contributed by atoms with Gasteiger partial charge in [0, 0.05) is 19.5 Å². The first-order valence-corrected chi connectivity index (χ1v) is 19.1. The molecular formula is C34H42N4S4. The first-order valence-electron chi connectivity index (χ1n) is 15.7. The zero-order chi connectivity index (χ0) is 29.0. The van der Waals surface area contributed by atoms with Crippen molar-refractivity contribution in [3.8, 4) is 40.9 Å². The van der Waals surface area contributed by atoms with E-state index < -0.39 is 0 Å². The van der Waals surface area contributed by atoms with Crippen LogP contribution in [0.2, 0.25) is 0 Å². The molecular weight excluding hydrogens is 593 g/mol. The standard InChI is InChI=1S/C34H42N4S4/c1-3-5-7-9-11-13-15-25-21-23-39-31(25)27-17-19-29(41-27)33-35-37-34(38-36-33)30-20-18-28(42-30)32-26(22-24-40-32)16-14-12-10-8-6-4-2/h17-24H,3-16H2,1-2H3. The summed E-state index contributed by atoms with van der Waals surface area (Å²) in [6.45, 7) is 4.55. The van der Waals surface area contributed by atoms with Gasteiger partial charge in [0.25, 0.3) is 0 Å². The molecule has 222 valence electrons. The van der Waals surface area contributed by atoms with Crippen molar-refractivity contribution in [2.24, 2.45) is 0 Å². The lowest BCUT2D eigenvalue weighted by Crippen LogP contribution is -1.97. The molecule has 0 saturated heterocycles. The monoisotopic (exact) mass is 634 g/mol. The number of hydrogen-bond acceptors (Lipinski definition) is 8. The highest BCUT2D eigenvalue weighted by molar-refractivity contribution is 7.23. The Hall–Kier alpha value is -2.26. The summed E-state index contributed by atoms with van der Waals surface area (Å²) in [5.41, 5.74) is 2.93. The van der Waals surface area contributed by atoms with Crippen LogP contribution in [0, 0.1) is 0 Å². The summed E-state index contributed by atoms with van der Waals surface area (Å²) >= 11 is 7.14. The third kappa shape index (κ3) is 8.43. The van der Waals surface area contributed by atoms with Crippen molar-refractivity contribution in [2.45, 2.75) is 104 Å². The summed E-state index contributed by atoms with van der Waals surface area (Å²) in [5, 5.41) is 22.4. The minimum absolute atomic E-state index is 0.597. The first-order chi connectivity index (χ1) is 20.8. The smallest absolute Gasteiger partial charge is 0.143 e. The average molecular weight is 635 g/mol. The fourth-order valence-corrected chi connectivity index (χ4v) is 9.37. The number of thiophene rings is 4. The van der Waals surface area contributed by atoms with Crippen LogP contribution in [0.5, 0.6) is 0 Å². The zero-order valence-electron chi connectivity index (χ0n) is 24.9. The van der Waals surface area contributed by atoms with E-state index in [0.29, 0.717) is 11.6 Å². The molecule has 0 aliphatic carbocycles. The number of nitrogens with zero attached hydrogens (tertiary/aromatic N) is 4. The van der Waals surface area contributed by atoms with Gasteiger partial charge in [-0.05, 0) is 84.0 Å². The lowest BCUT2D eigenvalue weighted by atomic mass is 10.1. The number of unbranched alkanes of at least 4 members (excludes halogenated alkanes) is 10. The molecule has 0 amide bonds. The highest BCUT2D eigenvalue weighted by atomic mass is 32.1. The molecule has 5 heterocycles. The molecule has 4 nitrogen and oxygen atoms in total. The Morgan fingerprint density at radius 1 is 0.452 bits per heavy atom. The molecule has 42 heavy (non-hydrogen) atoms. The predicted molar refractivity (Wildman–Crippen MR) is 185 cm³/mol. The van der Waals surface area contributed by atoms with Crippen molar-refractivity contribution in [3.05, 3.63) is 58.3 Å². The van der Waals surface area contributed by atoms with E-state index >= 15 is 0 Å². The van der Waals surface area contributed by atoms with Gasteiger partial charge in [-0.25, -0.2) is 0 Å². The molecule has 0 bridgehead atoms. The average Bonchev–Trinajstić information content (AvgIpc) is 3.83. The van der Waals surface area contributed by atoms with Crippen LogP contribution in [0.3, 0.4) is 0 Å². The Balaban J connectivity index is 1.18. The van der Waals surface area contributed by atoms with E-state index in [1.54, 1.807) is 22.7 Å². The van der Waals surface area contributed by atoms with Crippen LogP contribution in [-0.4, -0.2) is 20.4 Å². The van der Waals surface area contributed by atoms with Crippen molar-refractivity contribution in [1.29, 1.82) is 0 Å². The zero-order valence-corrected chi connectivity index (χ0v) is 28.2. The summed E-state index contributed by atoms with van der Waals surface area (Å²) in [5.74, 6) is 1.19. The minimum Gasteiger partial charge on any atom is -0.143 e. The van der Waals surface area contributed by atoms with Gasteiger partial charge in [-0.2, -0.15) is 0 Å². The van der Waals surface area contributed by atoms with Crippen LogP contribution in [0.1, 0.15) is 102 Å². The van der Waals surface area contributed by atoms with Crippen LogP contribution >= 0.6 is 45.3 Å². The molecule has 0 aliphatic heterocycles. The molecule has 0 atom stereocenters. The van der Waals surface area contributed by atoms with E-state index in [-0.39, 0.29) is 0 Å². The molecule has 5 aromatic rings. The highest BCUT2D eigenvalue weighted by Crippen LogP contribution is 2.40. The molecule has 0 saturated carbocycles. The molecule has 5 aromatic heterocycles. The van der Waals surface area contributed by atoms with E-state index in [2.05, 4.69) is 81.4 Å². The number of rotatable bonds is 18. The SMILES string of the molecule is CCCCCCCCc1ccsc1-c1ccc(-c2nnc(-c3ccc(-c4sccc4CCCCCCCC)s3)nn2)s1. The van der Waals surface area contributed by atoms with E-state index in [0.717, 1.165) is 22.6 Å². The lowest BCUT2D eigenvalue weighted by molar-refractivity contribution is 0.608. The van der Waals surface area contributed by atoms with Gasteiger partial charge in [-0.3, -0.25) is 0 Å². The second-order valence-electron chi connectivity index (χ2n) is 11.0. The van der Waals surface area contributed by atoms with Crippen molar-refractivity contribution < 1.29 is 0 Å². The van der Waals surface area contributed by atoms with E-state index in [4.69, 9.17) is 0 Å². The quantitative estimate of drug-likeness (QED) is 0.0900. The van der Waals surface area contributed by atoms with Crippen molar-refractivity contribution in [2.75, 3.05) is 0 Å². The minimum atomic E-state index is 0.597. The second-order valence-corrected chi connectivity index (χ2v) is 15.0. The van der Waals surface area contributed by atoms with Crippen LogP contribution in [0.15, 0.2) is 47.2 Å². The Bertz CT molecular complexity index is 1370. The molecule has 5 rings (SSSR count). The highest BCUT2D eigenvalue weighted by Gasteiger charge is 2.16. The topological polar surface area (TPSA) is 51.6 Å². The predicted octanol–water partition coefficient (Wildman–Crippen LogP) is 12.0. The van der Waals surface area contributed by atoms with Gasteiger partial charge in [-0.1, -0.05) is 78.1 Å². The maximum absolute atomic E-state index is 4.49. The van der Waals surface area contributed by atoms with Crippen LogP contribution in [-0.2, 0) is 12.8 Å².